The van der Waals surface area contributed by atoms with Crippen molar-refractivity contribution in [3.8, 4) is 0 Å². The Labute approximate surface area is 228 Å². The normalized spacial score (nSPS) is 22.2. The first-order valence-corrected chi connectivity index (χ1v) is 15.6. The maximum Gasteiger partial charge on any atom is 0.214 e. The van der Waals surface area contributed by atoms with Crippen LogP contribution in [-0.2, 0) is 23.9 Å². The number of fused-ring (bicyclic) bond motifs is 1. The van der Waals surface area contributed by atoms with Crippen LogP contribution in [0.25, 0.3) is 10.9 Å². The van der Waals surface area contributed by atoms with E-state index < -0.39 is 10.9 Å². The number of hydrogen-bond acceptors (Lipinski definition) is 5. The minimum atomic E-state index is -2.70. The predicted octanol–water partition coefficient (Wildman–Crippen LogP) is 4.46. The van der Waals surface area contributed by atoms with Gasteiger partial charge in [-0.3, -0.25) is 4.90 Å². The van der Waals surface area contributed by atoms with Gasteiger partial charge < -0.3 is 9.47 Å². The van der Waals surface area contributed by atoms with Crippen molar-refractivity contribution in [1.82, 2.24) is 24.6 Å². The van der Waals surface area contributed by atoms with Crippen LogP contribution in [0.4, 0.5) is 4.39 Å². The van der Waals surface area contributed by atoms with Crippen molar-refractivity contribution in [1.29, 1.82) is 0 Å². The van der Waals surface area contributed by atoms with Gasteiger partial charge in [-0.05, 0) is 102 Å². The topological polar surface area (TPSA) is 69.6 Å². The summed E-state index contributed by atoms with van der Waals surface area (Å²) in [6.07, 6.45) is 10.3. The van der Waals surface area contributed by atoms with E-state index in [-0.39, 0.29) is 5.82 Å². The smallest absolute Gasteiger partial charge is 0.214 e. The van der Waals surface area contributed by atoms with Gasteiger partial charge in [0.1, 0.15) is 5.82 Å². The average Bonchev–Trinajstić information content (AvgIpc) is 3.53. The second-order valence-electron chi connectivity index (χ2n) is 11.6. The predicted molar refractivity (Wildman–Crippen MR) is 152 cm³/mol. The van der Waals surface area contributed by atoms with E-state index in [2.05, 4.69) is 38.5 Å². The number of hydrazine groups is 1. The third kappa shape index (κ3) is 6.33. The Balaban J connectivity index is 1.39. The van der Waals surface area contributed by atoms with E-state index in [1.165, 1.54) is 55.4 Å². The van der Waals surface area contributed by atoms with Crippen LogP contribution in [0.1, 0.15) is 82.5 Å². The number of rotatable bonds is 9. The molecule has 1 aromatic carbocycles. The number of nitrogens with zero attached hydrogens (tertiary/aromatic N) is 3. The summed E-state index contributed by atoms with van der Waals surface area (Å²) < 4.78 is 39.0. The van der Waals surface area contributed by atoms with Crippen molar-refractivity contribution in [2.45, 2.75) is 90.3 Å². The number of benzene rings is 1. The third-order valence-corrected chi connectivity index (χ3v) is 9.41. The zero-order chi connectivity index (χ0) is 26.6. The number of piperidine rings is 1. The van der Waals surface area contributed by atoms with Crippen molar-refractivity contribution in [2.75, 3.05) is 32.7 Å². The standard InChI is InChI=1S/C29H44FN5O2S/c1-21(2)22-5-8-24(9-6-22)34-17-12-25(13-18-34)35-28-10-7-23(30)19-26(28)27(20-33-15-3-4-16-33)29(35)11-14-31-32-38(36)37/h7,10,19,24-25,31,38H,3-6,8-9,11-18,20H2,1-2H3,(H,32,36,37). The van der Waals surface area contributed by atoms with Crippen LogP contribution in [0.15, 0.2) is 29.3 Å². The van der Waals surface area contributed by atoms with Crippen LogP contribution >= 0.6 is 0 Å². The van der Waals surface area contributed by atoms with E-state index in [1.807, 2.05) is 6.07 Å². The molecule has 9 heteroatoms. The van der Waals surface area contributed by atoms with E-state index in [0.29, 0.717) is 25.0 Å². The van der Waals surface area contributed by atoms with Gasteiger partial charge in [-0.2, -0.15) is 4.83 Å². The van der Waals surface area contributed by atoms with Gasteiger partial charge in [-0.1, -0.05) is 11.1 Å². The molecule has 0 atom stereocenters. The van der Waals surface area contributed by atoms with Gasteiger partial charge >= 0.3 is 0 Å². The molecule has 0 spiro atoms. The molecule has 2 N–H and O–H groups in total. The molecule has 1 aromatic heterocycles. The van der Waals surface area contributed by atoms with Crippen LogP contribution < -0.4 is 10.3 Å². The lowest BCUT2D eigenvalue weighted by Crippen LogP contribution is -2.43. The van der Waals surface area contributed by atoms with E-state index in [1.54, 1.807) is 17.7 Å². The van der Waals surface area contributed by atoms with Gasteiger partial charge in [0.2, 0.25) is 10.9 Å². The highest BCUT2D eigenvalue weighted by molar-refractivity contribution is 7.70. The summed E-state index contributed by atoms with van der Waals surface area (Å²) >= 11 is 0. The molecular weight excluding hydrogens is 501 g/mol. The molecule has 38 heavy (non-hydrogen) atoms. The number of hydrogen-bond donors (Lipinski definition) is 3. The third-order valence-electron chi connectivity index (χ3n) is 9.07. The Morgan fingerprint density at radius 1 is 1.00 bits per heavy atom. The zero-order valence-electron chi connectivity index (χ0n) is 23.0. The molecule has 1 saturated carbocycles. The molecule has 0 radical (unpaired) electrons. The van der Waals surface area contributed by atoms with Crippen molar-refractivity contribution in [3.05, 3.63) is 46.4 Å². The van der Waals surface area contributed by atoms with Crippen molar-refractivity contribution in [2.24, 2.45) is 0 Å². The van der Waals surface area contributed by atoms with E-state index in [9.17, 15) is 12.8 Å². The number of allylic oxidation sites excluding steroid dienone is 2. The van der Waals surface area contributed by atoms with Crippen molar-refractivity contribution < 1.29 is 12.8 Å². The average molecular weight is 546 g/mol. The molecular formula is C29H44FN5O2S. The summed E-state index contributed by atoms with van der Waals surface area (Å²) in [6.45, 7) is 10.1. The molecule has 3 fully saturated rings. The zero-order valence-corrected chi connectivity index (χ0v) is 23.9. The lowest BCUT2D eigenvalue weighted by Gasteiger charge is -2.41. The summed E-state index contributed by atoms with van der Waals surface area (Å²) in [5, 5.41) is 1.01. The Hall–Kier alpha value is -1.78. The molecule has 210 valence electrons. The number of halogens is 1. The quantitative estimate of drug-likeness (QED) is 0.188. The van der Waals surface area contributed by atoms with Gasteiger partial charge in [0.05, 0.1) is 0 Å². The SMILES string of the molecule is CC(C)=C1CCC(N2CCC(n3c(CCNN[SH](=O)=O)c(CN4CCCC4)c4cc(F)ccc43)CC2)CC1. The first-order chi connectivity index (χ1) is 18.4. The van der Waals surface area contributed by atoms with Crippen LogP contribution in [0.5, 0.6) is 0 Å². The summed E-state index contributed by atoms with van der Waals surface area (Å²) in [6, 6.07) is 6.30. The molecule has 0 amide bonds. The second kappa shape index (κ2) is 12.6. The van der Waals surface area contributed by atoms with Crippen molar-refractivity contribution in [3.63, 3.8) is 0 Å². The molecule has 5 rings (SSSR count). The number of aromatic nitrogens is 1. The summed E-state index contributed by atoms with van der Waals surface area (Å²) in [4.78, 5) is 7.50. The minimum absolute atomic E-state index is 0.199. The fourth-order valence-corrected chi connectivity index (χ4v) is 7.30. The summed E-state index contributed by atoms with van der Waals surface area (Å²) in [5.74, 6) is -0.199. The summed E-state index contributed by atoms with van der Waals surface area (Å²) in [7, 11) is -2.70. The van der Waals surface area contributed by atoms with E-state index >= 15 is 0 Å². The van der Waals surface area contributed by atoms with Crippen molar-refractivity contribution >= 4 is 21.8 Å². The van der Waals surface area contributed by atoms with Crippen LogP contribution in [0, 0.1) is 5.82 Å². The van der Waals surface area contributed by atoms with Gasteiger partial charge in [0.25, 0.3) is 0 Å². The maximum absolute atomic E-state index is 14.5. The Morgan fingerprint density at radius 3 is 2.37 bits per heavy atom. The highest BCUT2D eigenvalue weighted by Gasteiger charge is 2.31. The monoisotopic (exact) mass is 545 g/mol. The number of thiol groups is 1. The molecule has 3 aliphatic rings. The first-order valence-electron chi connectivity index (χ1n) is 14.5. The lowest BCUT2D eigenvalue weighted by molar-refractivity contribution is 0.116. The fraction of sp³-hybridized carbons (Fsp3) is 0.655. The van der Waals surface area contributed by atoms with E-state index in [4.69, 9.17) is 0 Å². The largest absolute Gasteiger partial charge is 0.341 e. The molecule has 2 aromatic rings. The highest BCUT2D eigenvalue weighted by atomic mass is 32.2. The Kier molecular flexibility index (Phi) is 9.21. The van der Waals surface area contributed by atoms with Gasteiger partial charge in [-0.15, -0.1) is 0 Å². The number of nitrogens with one attached hydrogen (secondary N) is 2. The Bertz CT molecular complexity index is 1200. The highest BCUT2D eigenvalue weighted by Crippen LogP contribution is 2.37. The van der Waals surface area contributed by atoms with Gasteiger partial charge in [-0.25, -0.2) is 18.2 Å². The molecule has 0 bridgehead atoms. The van der Waals surface area contributed by atoms with Gasteiger partial charge in [0, 0.05) is 61.3 Å². The first kappa shape index (κ1) is 27.8. The number of likely N-dealkylation sites (tertiary alicyclic amines) is 2. The van der Waals surface area contributed by atoms with Crippen LogP contribution in [-0.4, -0.2) is 61.6 Å². The molecule has 3 heterocycles. The molecule has 2 saturated heterocycles. The van der Waals surface area contributed by atoms with Crippen LogP contribution in [0.3, 0.4) is 0 Å². The molecule has 2 aliphatic heterocycles. The minimum Gasteiger partial charge on any atom is -0.341 e. The fourth-order valence-electron chi connectivity index (χ4n) is 7.06. The van der Waals surface area contributed by atoms with Gasteiger partial charge in [0.15, 0.2) is 0 Å². The van der Waals surface area contributed by atoms with E-state index in [0.717, 1.165) is 56.5 Å². The maximum atomic E-state index is 14.5. The molecule has 7 nitrogen and oxygen atoms in total. The molecule has 0 unspecified atom stereocenters. The summed E-state index contributed by atoms with van der Waals surface area (Å²) in [5.41, 5.74) is 9.54. The van der Waals surface area contributed by atoms with Crippen LogP contribution in [0.2, 0.25) is 0 Å². The Morgan fingerprint density at radius 2 is 1.71 bits per heavy atom. The molecule has 1 aliphatic carbocycles. The lowest BCUT2D eigenvalue weighted by atomic mass is 9.86. The second-order valence-corrected chi connectivity index (χ2v) is 12.3.